The predicted octanol–water partition coefficient (Wildman–Crippen LogP) is 3.50. The van der Waals surface area contributed by atoms with Gasteiger partial charge in [0.15, 0.2) is 0 Å². The molecule has 0 radical (unpaired) electrons. The van der Waals surface area contributed by atoms with Crippen LogP contribution in [0.2, 0.25) is 4.34 Å². The summed E-state index contributed by atoms with van der Waals surface area (Å²) < 4.78 is 7.14. The Morgan fingerprint density at radius 3 is 2.72 bits per heavy atom. The molecule has 0 aliphatic carbocycles. The van der Waals surface area contributed by atoms with E-state index in [2.05, 4.69) is 9.89 Å². The normalized spacial score (nSPS) is 24.9. The summed E-state index contributed by atoms with van der Waals surface area (Å²) in [6.45, 7) is 2.77. The first-order valence-corrected chi connectivity index (χ1v) is 11.0. The fourth-order valence-corrected chi connectivity index (χ4v) is 5.85. The van der Waals surface area contributed by atoms with Crippen molar-refractivity contribution >= 4 is 29.2 Å². The summed E-state index contributed by atoms with van der Waals surface area (Å²) in [5.41, 5.74) is 6.88. The number of aliphatic hydroxyl groups is 1. The van der Waals surface area contributed by atoms with Gasteiger partial charge in [0, 0.05) is 43.3 Å². The van der Waals surface area contributed by atoms with Crippen molar-refractivity contribution in [3.05, 3.63) is 68.5 Å². The molecular weight excluding hydrogens is 406 g/mol. The molecule has 3 N–H and O–H groups in total. The van der Waals surface area contributed by atoms with Gasteiger partial charge in [-0.2, -0.15) is 0 Å². The summed E-state index contributed by atoms with van der Waals surface area (Å²) in [5, 5.41) is 11.6. The van der Waals surface area contributed by atoms with Crippen molar-refractivity contribution in [1.29, 1.82) is 0 Å². The molecule has 154 valence electrons. The highest BCUT2D eigenvalue weighted by Gasteiger charge is 2.50. The molecule has 0 bridgehead atoms. The molecule has 5 nitrogen and oxygen atoms in total. The lowest BCUT2D eigenvalue weighted by Crippen LogP contribution is -2.51. The van der Waals surface area contributed by atoms with Gasteiger partial charge in [-0.05, 0) is 36.2 Å². The summed E-state index contributed by atoms with van der Waals surface area (Å²) in [7, 11) is 1.75. The van der Waals surface area contributed by atoms with E-state index in [4.69, 9.17) is 22.1 Å². The van der Waals surface area contributed by atoms with E-state index in [1.54, 1.807) is 19.5 Å². The van der Waals surface area contributed by atoms with Gasteiger partial charge in [-0.15, -0.1) is 11.3 Å². The lowest BCUT2D eigenvalue weighted by atomic mass is 9.77. The van der Waals surface area contributed by atoms with Gasteiger partial charge < -0.3 is 15.6 Å². The molecule has 2 aromatic rings. The molecule has 1 aromatic heterocycles. The van der Waals surface area contributed by atoms with Gasteiger partial charge in [-0.1, -0.05) is 41.9 Å². The maximum Gasteiger partial charge on any atom is 0.139 e. The molecule has 2 aliphatic heterocycles. The maximum absolute atomic E-state index is 11.6. The van der Waals surface area contributed by atoms with Crippen LogP contribution in [0.5, 0.6) is 0 Å². The molecule has 0 amide bonds. The second-order valence-electron chi connectivity index (χ2n) is 7.71. The molecule has 29 heavy (non-hydrogen) atoms. The second-order valence-corrected chi connectivity index (χ2v) is 9.39. The highest BCUT2D eigenvalue weighted by atomic mass is 35.5. The SMILES string of the molecule is CN=CC(=CN)CN1CCC2(CC1)OCC(O)(c1ccccc1)c1cc(Cl)sc12. The fourth-order valence-electron chi connectivity index (χ4n) is 4.35. The molecule has 1 spiro atoms. The third-order valence-electron chi connectivity index (χ3n) is 5.95. The molecule has 1 aromatic carbocycles. The third kappa shape index (κ3) is 3.76. The molecule has 2 aliphatic rings. The Balaban J connectivity index is 1.59. The smallest absolute Gasteiger partial charge is 0.139 e. The quantitative estimate of drug-likeness (QED) is 0.727. The molecule has 1 fully saturated rings. The van der Waals surface area contributed by atoms with E-state index in [0.717, 1.165) is 54.1 Å². The minimum atomic E-state index is -1.17. The Bertz CT molecular complexity index is 919. The van der Waals surface area contributed by atoms with Crippen LogP contribution in [0.1, 0.15) is 28.8 Å². The number of hydrogen-bond donors (Lipinski definition) is 2. The van der Waals surface area contributed by atoms with Gasteiger partial charge >= 0.3 is 0 Å². The second kappa shape index (κ2) is 8.20. The Hall–Kier alpha value is -1.70. The van der Waals surface area contributed by atoms with Gasteiger partial charge in [-0.3, -0.25) is 9.89 Å². The van der Waals surface area contributed by atoms with Crippen molar-refractivity contribution in [2.75, 3.05) is 33.3 Å². The first-order valence-electron chi connectivity index (χ1n) is 9.78. The average Bonchev–Trinajstić information content (AvgIpc) is 3.16. The highest BCUT2D eigenvalue weighted by molar-refractivity contribution is 7.16. The van der Waals surface area contributed by atoms with Crippen LogP contribution in [-0.4, -0.2) is 49.5 Å². The summed E-state index contributed by atoms with van der Waals surface area (Å²) in [5.74, 6) is 0. The number of hydrogen-bond acceptors (Lipinski definition) is 6. The average molecular weight is 432 g/mol. The van der Waals surface area contributed by atoms with Crippen LogP contribution >= 0.6 is 22.9 Å². The molecule has 4 rings (SSSR count). The van der Waals surface area contributed by atoms with Crippen LogP contribution in [0.3, 0.4) is 0 Å². The first kappa shape index (κ1) is 20.6. The van der Waals surface area contributed by atoms with Crippen LogP contribution in [0.25, 0.3) is 0 Å². The molecule has 1 unspecified atom stereocenters. The molecule has 7 heteroatoms. The zero-order chi connectivity index (χ0) is 20.5. The largest absolute Gasteiger partial charge is 0.404 e. The molecule has 1 saturated heterocycles. The van der Waals surface area contributed by atoms with Gasteiger partial charge in [0.05, 0.1) is 10.9 Å². The Kier molecular flexibility index (Phi) is 5.82. The summed E-state index contributed by atoms with van der Waals surface area (Å²) >= 11 is 7.95. The molecule has 3 heterocycles. The van der Waals surface area contributed by atoms with Crippen LogP contribution in [0.15, 0.2) is 53.2 Å². The van der Waals surface area contributed by atoms with Gasteiger partial charge in [0.1, 0.15) is 11.2 Å². The van der Waals surface area contributed by atoms with E-state index in [1.165, 1.54) is 11.3 Å². The van der Waals surface area contributed by atoms with Crippen LogP contribution in [-0.2, 0) is 15.9 Å². The van der Waals surface area contributed by atoms with Crippen LogP contribution < -0.4 is 5.73 Å². The van der Waals surface area contributed by atoms with Gasteiger partial charge in [0.2, 0.25) is 0 Å². The zero-order valence-electron chi connectivity index (χ0n) is 16.5. The Morgan fingerprint density at radius 2 is 2.07 bits per heavy atom. The van der Waals surface area contributed by atoms with Gasteiger partial charge in [-0.25, -0.2) is 0 Å². The number of halogens is 1. The van der Waals surface area contributed by atoms with E-state index in [1.807, 2.05) is 36.4 Å². The Morgan fingerprint density at radius 1 is 1.34 bits per heavy atom. The molecule has 1 atom stereocenters. The monoisotopic (exact) mass is 431 g/mol. The number of fused-ring (bicyclic) bond motifs is 2. The first-order chi connectivity index (χ1) is 14.0. The van der Waals surface area contributed by atoms with E-state index in [-0.39, 0.29) is 6.61 Å². The lowest BCUT2D eigenvalue weighted by Gasteiger charge is -2.47. The number of nitrogens with zero attached hydrogens (tertiary/aromatic N) is 2. The van der Waals surface area contributed by atoms with Crippen molar-refractivity contribution in [1.82, 2.24) is 4.90 Å². The highest BCUT2D eigenvalue weighted by Crippen LogP contribution is 2.52. The number of nitrogens with two attached hydrogens (primary N) is 1. The number of likely N-dealkylation sites (tertiary alicyclic amines) is 1. The standard InChI is InChI=1S/C22H26ClN3O2S/c1-25-13-16(12-24)14-26-9-7-21(8-10-26)20-18(11-19(23)29-20)22(27,15-28-21)17-5-3-2-4-6-17/h2-6,11-13,27H,7-10,14-15,24H2,1H3. The topological polar surface area (TPSA) is 71.1 Å². The van der Waals surface area contributed by atoms with E-state index >= 15 is 0 Å². The van der Waals surface area contributed by atoms with Crippen molar-refractivity contribution in [2.24, 2.45) is 10.7 Å². The number of ether oxygens (including phenoxy) is 1. The summed E-state index contributed by atoms with van der Waals surface area (Å²) in [4.78, 5) is 7.49. The Labute approximate surface area is 180 Å². The van der Waals surface area contributed by atoms with Crippen molar-refractivity contribution < 1.29 is 9.84 Å². The third-order valence-corrected chi connectivity index (χ3v) is 7.40. The van der Waals surface area contributed by atoms with E-state index in [0.29, 0.717) is 4.34 Å². The van der Waals surface area contributed by atoms with Crippen LogP contribution in [0, 0.1) is 0 Å². The van der Waals surface area contributed by atoms with E-state index < -0.39 is 11.2 Å². The number of piperidine rings is 1. The number of benzene rings is 1. The number of rotatable bonds is 4. The molecular formula is C22H26ClN3O2S. The number of thiophene rings is 1. The minimum absolute atomic E-state index is 0.230. The van der Waals surface area contributed by atoms with Crippen molar-refractivity contribution in [3.8, 4) is 0 Å². The zero-order valence-corrected chi connectivity index (χ0v) is 18.0. The number of aliphatic imine (C=N–C) groups is 1. The lowest BCUT2D eigenvalue weighted by molar-refractivity contribution is -0.151. The minimum Gasteiger partial charge on any atom is -0.404 e. The predicted molar refractivity (Wildman–Crippen MR) is 119 cm³/mol. The van der Waals surface area contributed by atoms with Crippen molar-refractivity contribution in [2.45, 2.75) is 24.0 Å². The van der Waals surface area contributed by atoms with E-state index in [9.17, 15) is 5.11 Å². The maximum atomic E-state index is 11.6. The fraction of sp³-hybridized carbons (Fsp3) is 0.409. The van der Waals surface area contributed by atoms with Crippen molar-refractivity contribution in [3.63, 3.8) is 0 Å². The summed E-state index contributed by atoms with van der Waals surface area (Å²) in [6.07, 6.45) is 5.12. The summed E-state index contributed by atoms with van der Waals surface area (Å²) in [6, 6.07) is 11.6. The van der Waals surface area contributed by atoms with Crippen LogP contribution in [0.4, 0.5) is 0 Å². The molecule has 0 saturated carbocycles. The van der Waals surface area contributed by atoms with Gasteiger partial charge in [0.25, 0.3) is 0 Å².